The van der Waals surface area contributed by atoms with Gasteiger partial charge in [-0.25, -0.2) is 4.79 Å². The quantitative estimate of drug-likeness (QED) is 0.145. The van der Waals surface area contributed by atoms with Gasteiger partial charge in [0.15, 0.2) is 0 Å². The summed E-state index contributed by atoms with van der Waals surface area (Å²) in [4.78, 5) is 23.7. The van der Waals surface area contributed by atoms with Crippen LogP contribution in [0.3, 0.4) is 0 Å². The summed E-state index contributed by atoms with van der Waals surface area (Å²) in [5.41, 5.74) is 8.26. The molecule has 7 heteroatoms. The maximum absolute atomic E-state index is 11.3. The van der Waals surface area contributed by atoms with Gasteiger partial charge in [0.25, 0.3) is 0 Å². The molecule has 0 amide bonds. The molecule has 0 heterocycles. The minimum Gasteiger partial charge on any atom is -0.462 e. The number of esters is 1. The van der Waals surface area contributed by atoms with E-state index in [0.717, 1.165) is 18.1 Å². The number of nitrogens with zero attached hydrogens (tertiary/aromatic N) is 3. The Kier molecular flexibility index (Phi) is 12.4. The Labute approximate surface area is 148 Å². The zero-order valence-corrected chi connectivity index (χ0v) is 13.5. The van der Waals surface area contributed by atoms with Crippen molar-refractivity contribution in [3.8, 4) is 0 Å². The molecule has 2 saturated carbocycles. The van der Waals surface area contributed by atoms with Gasteiger partial charge in [-0.15, -0.1) is 0 Å². The molecule has 10 radical (unpaired) electrons. The Morgan fingerprint density at radius 1 is 1.17 bits per heavy atom. The van der Waals surface area contributed by atoms with Crippen LogP contribution in [0.5, 0.6) is 0 Å². The zero-order chi connectivity index (χ0) is 16.2. The Bertz CT molecular complexity index is 436. The summed E-state index contributed by atoms with van der Waals surface area (Å²) >= 11 is 0. The molecule has 0 bridgehead atoms. The fourth-order valence-corrected chi connectivity index (χ4v) is 1.49. The number of azide groups is 1. The van der Waals surface area contributed by atoms with Gasteiger partial charge in [0, 0.05) is 16.7 Å². The van der Waals surface area contributed by atoms with Crippen LogP contribution in [-0.4, -0.2) is 18.9 Å². The molecule has 23 heavy (non-hydrogen) atoms. The maximum Gasteiger partial charge on any atom is 2.00 e. The number of carbonyl (C=O) groups excluding carboxylic acids is 2. The standard InChI is InChI=1S/C10H10N3O2.C6H5O.Fe/c1-2-15-10(14)9(12-13-11)7-8-5-3-4-6-8;7-5-6-3-1-2-4-6;/h3-7H,2H2,1H3;1-5H;/q;;+2/b9-7-;;. The van der Waals surface area contributed by atoms with Crippen molar-refractivity contribution in [3.05, 3.63) is 85.4 Å². The molecule has 118 valence electrons. The number of hydrogen-bond acceptors (Lipinski definition) is 4. The normalized spacial score (nSPS) is 18.2. The fraction of sp³-hybridized carbons (Fsp3) is 0.125. The van der Waals surface area contributed by atoms with Gasteiger partial charge in [0.05, 0.1) is 6.61 Å². The molecule has 0 aromatic heterocycles. The van der Waals surface area contributed by atoms with E-state index in [-0.39, 0.29) is 29.4 Å². The van der Waals surface area contributed by atoms with Gasteiger partial charge in [-0.3, -0.25) is 0 Å². The first-order chi connectivity index (χ1) is 10.7. The molecule has 0 unspecified atom stereocenters. The molecule has 0 aromatic rings. The number of carbonyl (C=O) groups is 2. The Morgan fingerprint density at radius 3 is 2.09 bits per heavy atom. The average molecular weight is 353 g/mol. The van der Waals surface area contributed by atoms with Crippen molar-refractivity contribution >= 4 is 12.3 Å². The van der Waals surface area contributed by atoms with E-state index in [0.29, 0.717) is 0 Å². The second kappa shape index (κ2) is 13.2. The Morgan fingerprint density at radius 2 is 1.70 bits per heavy atom. The first-order valence-corrected chi connectivity index (χ1v) is 6.53. The van der Waals surface area contributed by atoms with Crippen molar-refractivity contribution in [1.82, 2.24) is 0 Å². The zero-order valence-electron chi connectivity index (χ0n) is 12.4. The molecule has 6 nitrogen and oxygen atoms in total. The van der Waals surface area contributed by atoms with E-state index in [1.807, 2.05) is 25.7 Å². The van der Waals surface area contributed by atoms with Crippen molar-refractivity contribution in [1.29, 1.82) is 0 Å². The Balaban J connectivity index is 0.000000509. The SMILES string of the molecule is CCOC(=O)/C(=C/[C]1[CH][CH][CH][CH]1)N=[N+]=[N-].O=C[C]1[CH][CH][CH][CH]1.[Fe+2]. The monoisotopic (exact) mass is 353 g/mol. The molecule has 2 fully saturated rings. The second-order valence-electron chi connectivity index (χ2n) is 3.99. The van der Waals surface area contributed by atoms with Crippen molar-refractivity contribution < 1.29 is 31.4 Å². The van der Waals surface area contributed by atoms with Crippen LogP contribution in [0.4, 0.5) is 0 Å². The van der Waals surface area contributed by atoms with Gasteiger partial charge >= 0.3 is 23.0 Å². The topological polar surface area (TPSA) is 92.1 Å². The van der Waals surface area contributed by atoms with Crippen LogP contribution in [0.1, 0.15) is 6.92 Å². The number of aldehydes is 1. The molecule has 2 rings (SSSR count). The van der Waals surface area contributed by atoms with E-state index in [4.69, 9.17) is 10.3 Å². The molecular weight excluding hydrogens is 338 g/mol. The minimum atomic E-state index is -0.614. The van der Waals surface area contributed by atoms with Crippen molar-refractivity contribution in [2.75, 3.05) is 6.61 Å². The van der Waals surface area contributed by atoms with Crippen LogP contribution >= 0.6 is 0 Å². The van der Waals surface area contributed by atoms with E-state index < -0.39 is 5.97 Å². The molecule has 2 aliphatic rings. The third kappa shape index (κ3) is 8.80. The third-order valence-electron chi connectivity index (χ3n) is 2.45. The van der Waals surface area contributed by atoms with E-state index in [1.54, 1.807) is 32.6 Å². The van der Waals surface area contributed by atoms with Crippen LogP contribution in [0, 0.1) is 63.2 Å². The summed E-state index contributed by atoms with van der Waals surface area (Å²) in [7, 11) is 0. The number of hydrogen-bond donors (Lipinski definition) is 0. The number of ether oxygens (including phenoxy) is 1. The van der Waals surface area contributed by atoms with Crippen LogP contribution in [-0.2, 0) is 31.4 Å². The largest absolute Gasteiger partial charge is 2.00 e. The van der Waals surface area contributed by atoms with Gasteiger partial charge in [-0.2, -0.15) is 0 Å². The number of allylic oxidation sites excluding steroid dienone is 1. The fourth-order valence-electron chi connectivity index (χ4n) is 1.49. The summed E-state index contributed by atoms with van der Waals surface area (Å²) in [6, 6.07) is 0. The van der Waals surface area contributed by atoms with Crippen LogP contribution in [0.2, 0.25) is 0 Å². The van der Waals surface area contributed by atoms with E-state index in [1.165, 1.54) is 6.08 Å². The van der Waals surface area contributed by atoms with Gasteiger partial charge in [0.1, 0.15) is 12.0 Å². The molecule has 0 atom stereocenters. The van der Waals surface area contributed by atoms with Gasteiger partial charge in [0.2, 0.25) is 0 Å². The summed E-state index contributed by atoms with van der Waals surface area (Å²) in [6.07, 6.45) is 16.8. The van der Waals surface area contributed by atoms with Crippen molar-refractivity contribution in [3.63, 3.8) is 0 Å². The minimum absolute atomic E-state index is 0. The molecule has 2 aliphatic carbocycles. The van der Waals surface area contributed by atoms with E-state index in [9.17, 15) is 9.59 Å². The van der Waals surface area contributed by atoms with Gasteiger partial charge in [-0.1, -0.05) is 11.2 Å². The molecule has 0 saturated heterocycles. The summed E-state index contributed by atoms with van der Waals surface area (Å²) < 4.78 is 4.73. The first kappa shape index (κ1) is 21.7. The summed E-state index contributed by atoms with van der Waals surface area (Å²) in [5.74, 6) is 0.932. The summed E-state index contributed by atoms with van der Waals surface area (Å²) in [6.45, 7) is 1.94. The molecule has 0 spiro atoms. The van der Waals surface area contributed by atoms with Crippen molar-refractivity contribution in [2.45, 2.75) is 6.92 Å². The third-order valence-corrected chi connectivity index (χ3v) is 2.45. The van der Waals surface area contributed by atoms with Crippen LogP contribution < -0.4 is 0 Å². The van der Waals surface area contributed by atoms with Crippen molar-refractivity contribution in [2.24, 2.45) is 5.11 Å². The predicted octanol–water partition coefficient (Wildman–Crippen LogP) is 2.74. The smallest absolute Gasteiger partial charge is 0.462 e. The van der Waals surface area contributed by atoms with Crippen LogP contribution in [0.25, 0.3) is 10.4 Å². The second-order valence-corrected chi connectivity index (χ2v) is 3.99. The molecule has 0 aliphatic heterocycles. The average Bonchev–Trinajstić information content (AvgIpc) is 3.21. The predicted molar refractivity (Wildman–Crippen MR) is 80.8 cm³/mol. The molecule has 0 N–H and O–H groups in total. The first-order valence-electron chi connectivity index (χ1n) is 6.53. The summed E-state index contributed by atoms with van der Waals surface area (Å²) in [5, 5.41) is 3.28. The Hall–Kier alpha value is -1.29. The molecule has 0 aromatic carbocycles. The number of rotatable bonds is 5. The maximum atomic E-state index is 11.3. The van der Waals surface area contributed by atoms with Gasteiger partial charge < -0.3 is 9.53 Å². The van der Waals surface area contributed by atoms with E-state index >= 15 is 0 Å². The van der Waals surface area contributed by atoms with Crippen LogP contribution in [0.15, 0.2) is 16.9 Å². The van der Waals surface area contributed by atoms with Gasteiger partial charge in [-0.05, 0) is 63.8 Å². The van der Waals surface area contributed by atoms with E-state index in [2.05, 4.69) is 10.0 Å². The molecular formula is C16H15FeN3O3+2.